The van der Waals surface area contributed by atoms with Crippen LogP contribution in [0.25, 0.3) is 0 Å². The third kappa shape index (κ3) is 9.63. The molecule has 10 nitrogen and oxygen atoms in total. The van der Waals surface area contributed by atoms with Gasteiger partial charge >= 0.3 is 0 Å². The monoisotopic (exact) mass is 635 g/mol. The highest BCUT2D eigenvalue weighted by Crippen LogP contribution is 2.30. The first kappa shape index (κ1) is 32.6. The minimum Gasteiger partial charge on any atom is -0.494 e. The lowest BCUT2D eigenvalue weighted by atomic mass is 10.2. The van der Waals surface area contributed by atoms with Crippen LogP contribution < -0.4 is 35.6 Å². The quantitative estimate of drug-likeness (QED) is 0.206. The maximum Gasteiger partial charge on any atom is 0.257 e. The van der Waals surface area contributed by atoms with Gasteiger partial charge in [-0.05, 0) is 104 Å². The fraction of sp³-hybridized carbons (Fsp3) is 0.312. The van der Waals surface area contributed by atoms with Crippen molar-refractivity contribution in [2.75, 3.05) is 55.1 Å². The number of morpholine rings is 1. The van der Waals surface area contributed by atoms with Crippen molar-refractivity contribution < 1.29 is 23.8 Å². The van der Waals surface area contributed by atoms with Crippen LogP contribution in [0.3, 0.4) is 0 Å². The minimum atomic E-state index is -0.347. The molecule has 0 spiro atoms. The summed E-state index contributed by atoms with van der Waals surface area (Å²) in [6.45, 7) is 7.88. The Bertz CT molecular complexity index is 1440. The number of hydrogen-bond donors (Lipinski definition) is 4. The third-order valence-corrected chi connectivity index (χ3v) is 6.90. The number of nitrogens with zero attached hydrogens (tertiary/aromatic N) is 1. The molecule has 232 valence electrons. The first-order chi connectivity index (χ1) is 21.4. The van der Waals surface area contributed by atoms with Crippen LogP contribution in [-0.2, 0) is 4.74 Å². The molecule has 3 aromatic carbocycles. The Hall–Kier alpha value is -4.26. The molecule has 0 atom stereocenters. The van der Waals surface area contributed by atoms with E-state index in [1.807, 2.05) is 32.0 Å². The Kier molecular flexibility index (Phi) is 12.3. The molecule has 44 heavy (non-hydrogen) atoms. The van der Waals surface area contributed by atoms with Crippen molar-refractivity contribution in [2.24, 2.45) is 0 Å². The standard InChI is InChI=1S/C32H37N5O5S2/c1-3-17-41-25-10-5-22(6-11-25)29(38)35-31(43)33-24-9-14-28(37-15-19-40-20-16-37)27(21-24)34-32(44)36-30(39)23-7-12-26(13-8-23)42-18-4-2/h5-14,21H,3-4,15-20H2,1-2H3,(H2,33,35,38,43)(H2,34,36,39,44). The highest BCUT2D eigenvalue weighted by molar-refractivity contribution is 7.80. The second kappa shape index (κ2) is 16.6. The number of nitrogens with one attached hydrogen (secondary N) is 4. The van der Waals surface area contributed by atoms with E-state index in [1.54, 1.807) is 48.5 Å². The van der Waals surface area contributed by atoms with E-state index in [4.69, 9.17) is 38.6 Å². The molecule has 2 amide bonds. The Morgan fingerprint density at radius 1 is 0.750 bits per heavy atom. The summed E-state index contributed by atoms with van der Waals surface area (Å²) in [5, 5.41) is 11.9. The Labute approximate surface area is 268 Å². The molecular formula is C32H37N5O5S2. The number of hydrogen-bond acceptors (Lipinski definition) is 8. The van der Waals surface area contributed by atoms with Crippen LogP contribution in [0.2, 0.25) is 0 Å². The van der Waals surface area contributed by atoms with Crippen LogP contribution in [0.5, 0.6) is 11.5 Å². The van der Waals surface area contributed by atoms with E-state index in [9.17, 15) is 9.59 Å². The molecule has 0 aromatic heterocycles. The predicted molar refractivity (Wildman–Crippen MR) is 181 cm³/mol. The average Bonchev–Trinajstić information content (AvgIpc) is 3.03. The molecule has 0 aliphatic carbocycles. The molecule has 1 aliphatic heterocycles. The third-order valence-electron chi connectivity index (χ3n) is 6.49. The van der Waals surface area contributed by atoms with Crippen molar-refractivity contribution in [1.82, 2.24) is 10.6 Å². The molecule has 0 radical (unpaired) electrons. The highest BCUT2D eigenvalue weighted by atomic mass is 32.1. The van der Waals surface area contributed by atoms with Gasteiger partial charge in [-0.2, -0.15) is 0 Å². The SMILES string of the molecule is CCCOc1ccc(C(=O)NC(=S)Nc2ccc(N3CCOCC3)c(NC(=S)NC(=O)c3ccc(OCCC)cc3)c2)cc1. The second-order valence-electron chi connectivity index (χ2n) is 9.89. The molecule has 1 fully saturated rings. The lowest BCUT2D eigenvalue weighted by Crippen LogP contribution is -2.38. The van der Waals surface area contributed by atoms with Crippen LogP contribution in [0.4, 0.5) is 17.1 Å². The minimum absolute atomic E-state index is 0.133. The maximum absolute atomic E-state index is 12.9. The number of carbonyl (C=O) groups is 2. The smallest absolute Gasteiger partial charge is 0.257 e. The van der Waals surface area contributed by atoms with Gasteiger partial charge in [0.25, 0.3) is 11.8 Å². The molecule has 0 saturated carbocycles. The maximum atomic E-state index is 12.9. The summed E-state index contributed by atoms with van der Waals surface area (Å²) in [6.07, 6.45) is 1.80. The van der Waals surface area contributed by atoms with Crippen molar-refractivity contribution in [3.63, 3.8) is 0 Å². The van der Waals surface area contributed by atoms with E-state index in [2.05, 4.69) is 26.2 Å². The van der Waals surface area contributed by atoms with Gasteiger partial charge in [-0.1, -0.05) is 13.8 Å². The zero-order valence-electron chi connectivity index (χ0n) is 24.8. The lowest BCUT2D eigenvalue weighted by molar-refractivity contribution is 0.0969. The largest absolute Gasteiger partial charge is 0.494 e. The zero-order valence-corrected chi connectivity index (χ0v) is 26.4. The highest BCUT2D eigenvalue weighted by Gasteiger charge is 2.18. The first-order valence-corrected chi connectivity index (χ1v) is 15.3. The molecule has 1 saturated heterocycles. The van der Waals surface area contributed by atoms with Gasteiger partial charge in [0.1, 0.15) is 11.5 Å². The predicted octanol–water partition coefficient (Wildman–Crippen LogP) is 5.35. The van der Waals surface area contributed by atoms with Crippen LogP contribution in [0, 0.1) is 0 Å². The van der Waals surface area contributed by atoms with Crippen molar-refractivity contribution in [3.05, 3.63) is 77.9 Å². The molecule has 1 aliphatic rings. The van der Waals surface area contributed by atoms with Gasteiger partial charge in [-0.3, -0.25) is 20.2 Å². The summed E-state index contributed by atoms with van der Waals surface area (Å²) in [5.41, 5.74) is 3.06. The molecular weight excluding hydrogens is 599 g/mol. The van der Waals surface area contributed by atoms with Gasteiger partial charge < -0.3 is 29.7 Å². The Morgan fingerprint density at radius 3 is 1.75 bits per heavy atom. The van der Waals surface area contributed by atoms with E-state index in [0.717, 1.165) is 18.5 Å². The van der Waals surface area contributed by atoms with Gasteiger partial charge in [0, 0.05) is 29.9 Å². The Balaban J connectivity index is 1.41. The molecule has 1 heterocycles. The summed E-state index contributed by atoms with van der Waals surface area (Å²) in [4.78, 5) is 27.8. The van der Waals surface area contributed by atoms with Gasteiger partial charge in [0.15, 0.2) is 10.2 Å². The van der Waals surface area contributed by atoms with Gasteiger partial charge in [0.2, 0.25) is 0 Å². The molecule has 3 aromatic rings. The number of carbonyl (C=O) groups excluding carboxylic acids is 2. The summed E-state index contributed by atoms with van der Waals surface area (Å²) in [6, 6.07) is 19.4. The second-order valence-corrected chi connectivity index (χ2v) is 10.7. The number of ether oxygens (including phenoxy) is 3. The van der Waals surface area contributed by atoms with Crippen molar-refractivity contribution in [3.8, 4) is 11.5 Å². The first-order valence-electron chi connectivity index (χ1n) is 14.5. The number of rotatable bonds is 11. The van der Waals surface area contributed by atoms with Crippen LogP contribution in [-0.4, -0.2) is 61.6 Å². The number of thiocarbonyl (C=S) groups is 2. The summed E-state index contributed by atoms with van der Waals surface area (Å²) in [7, 11) is 0. The number of amides is 2. The summed E-state index contributed by atoms with van der Waals surface area (Å²) in [5.74, 6) is 0.711. The fourth-order valence-electron chi connectivity index (χ4n) is 4.31. The fourth-order valence-corrected chi connectivity index (χ4v) is 4.72. The van der Waals surface area contributed by atoms with E-state index in [1.165, 1.54) is 0 Å². The van der Waals surface area contributed by atoms with Crippen LogP contribution in [0.1, 0.15) is 47.4 Å². The van der Waals surface area contributed by atoms with Crippen molar-refractivity contribution >= 4 is 63.5 Å². The topological polar surface area (TPSA) is 113 Å². The molecule has 4 rings (SSSR count). The van der Waals surface area contributed by atoms with Gasteiger partial charge in [-0.15, -0.1) is 0 Å². The molecule has 0 bridgehead atoms. The van der Waals surface area contributed by atoms with Crippen molar-refractivity contribution in [1.29, 1.82) is 0 Å². The number of benzene rings is 3. The number of anilines is 3. The normalized spacial score (nSPS) is 12.5. The Morgan fingerprint density at radius 2 is 1.25 bits per heavy atom. The zero-order chi connectivity index (χ0) is 31.3. The summed E-state index contributed by atoms with van der Waals surface area (Å²) >= 11 is 10.9. The molecule has 4 N–H and O–H groups in total. The van der Waals surface area contributed by atoms with E-state index in [-0.39, 0.29) is 22.0 Å². The average molecular weight is 636 g/mol. The van der Waals surface area contributed by atoms with Crippen LogP contribution in [0.15, 0.2) is 66.7 Å². The summed E-state index contributed by atoms with van der Waals surface area (Å²) < 4.78 is 16.7. The van der Waals surface area contributed by atoms with Crippen molar-refractivity contribution in [2.45, 2.75) is 26.7 Å². The van der Waals surface area contributed by atoms with Crippen LogP contribution >= 0.6 is 24.4 Å². The van der Waals surface area contributed by atoms with E-state index >= 15 is 0 Å². The van der Waals surface area contributed by atoms with E-state index in [0.29, 0.717) is 73.5 Å². The van der Waals surface area contributed by atoms with Gasteiger partial charge in [-0.25, -0.2) is 0 Å². The molecule has 12 heteroatoms. The van der Waals surface area contributed by atoms with Gasteiger partial charge in [0.05, 0.1) is 37.8 Å². The van der Waals surface area contributed by atoms with E-state index < -0.39 is 0 Å². The lowest BCUT2D eigenvalue weighted by Gasteiger charge is -2.31. The molecule has 0 unspecified atom stereocenters.